The minimum atomic E-state index is -0.540. The van der Waals surface area contributed by atoms with Crippen molar-refractivity contribution in [3.63, 3.8) is 0 Å². The molecule has 3 aromatic heterocycles. The standard InChI is InChI=1S/C23H23N3O5/c1-3-29-21-11-18(31-17-8-9-24-20(10-17)23(27)28-2)13-26-22(21)30-14-15-4-7-19(25-12-15)16-5-6-16/h4,7-13,16H,3,5-6,14H2,1-2H3. The van der Waals surface area contributed by atoms with Crippen molar-refractivity contribution >= 4 is 5.97 Å². The summed E-state index contributed by atoms with van der Waals surface area (Å²) >= 11 is 0. The van der Waals surface area contributed by atoms with Crippen LogP contribution in [0.2, 0.25) is 0 Å². The predicted octanol–water partition coefficient (Wildman–Crippen LogP) is 4.31. The molecule has 0 bridgehead atoms. The number of methoxy groups -OCH3 is 1. The second-order valence-corrected chi connectivity index (χ2v) is 7.03. The minimum absolute atomic E-state index is 0.152. The molecule has 8 nitrogen and oxygen atoms in total. The van der Waals surface area contributed by atoms with E-state index in [4.69, 9.17) is 14.2 Å². The molecule has 4 rings (SSSR count). The highest BCUT2D eigenvalue weighted by Gasteiger charge is 2.24. The number of pyridine rings is 3. The van der Waals surface area contributed by atoms with Gasteiger partial charge in [0.25, 0.3) is 5.88 Å². The number of hydrogen-bond donors (Lipinski definition) is 0. The van der Waals surface area contributed by atoms with E-state index < -0.39 is 5.97 Å². The van der Waals surface area contributed by atoms with Crippen molar-refractivity contribution < 1.29 is 23.7 Å². The first-order chi connectivity index (χ1) is 15.2. The van der Waals surface area contributed by atoms with Crippen molar-refractivity contribution in [1.82, 2.24) is 15.0 Å². The van der Waals surface area contributed by atoms with Gasteiger partial charge in [-0.25, -0.2) is 14.8 Å². The van der Waals surface area contributed by atoms with Gasteiger partial charge < -0.3 is 18.9 Å². The first kappa shape index (κ1) is 20.6. The molecule has 8 heteroatoms. The van der Waals surface area contributed by atoms with Crippen molar-refractivity contribution in [1.29, 1.82) is 0 Å². The van der Waals surface area contributed by atoms with Crippen LogP contribution in [0.15, 0.2) is 48.9 Å². The first-order valence-corrected chi connectivity index (χ1v) is 10.1. The molecule has 0 saturated heterocycles. The summed E-state index contributed by atoms with van der Waals surface area (Å²) in [5, 5.41) is 0. The fourth-order valence-corrected chi connectivity index (χ4v) is 2.96. The first-order valence-electron chi connectivity index (χ1n) is 10.1. The monoisotopic (exact) mass is 421 g/mol. The Bertz CT molecular complexity index is 1050. The van der Waals surface area contributed by atoms with E-state index in [-0.39, 0.29) is 5.69 Å². The Morgan fingerprint density at radius 1 is 1.03 bits per heavy atom. The highest BCUT2D eigenvalue weighted by Crippen LogP contribution is 2.38. The topological polar surface area (TPSA) is 92.7 Å². The number of nitrogens with zero attached hydrogens (tertiary/aromatic N) is 3. The number of aromatic nitrogens is 3. The molecule has 0 amide bonds. The van der Waals surface area contributed by atoms with Gasteiger partial charge in [-0.05, 0) is 31.9 Å². The van der Waals surface area contributed by atoms with Crippen molar-refractivity contribution in [2.24, 2.45) is 0 Å². The smallest absolute Gasteiger partial charge is 0.356 e. The summed E-state index contributed by atoms with van der Waals surface area (Å²) in [7, 11) is 1.30. The van der Waals surface area contributed by atoms with E-state index in [0.29, 0.717) is 42.3 Å². The van der Waals surface area contributed by atoms with Crippen molar-refractivity contribution in [2.75, 3.05) is 13.7 Å². The van der Waals surface area contributed by atoms with Crippen LogP contribution in [0.25, 0.3) is 0 Å². The summed E-state index contributed by atoms with van der Waals surface area (Å²) in [5.74, 6) is 1.78. The van der Waals surface area contributed by atoms with Crippen LogP contribution in [0.1, 0.15) is 47.4 Å². The fraction of sp³-hybridized carbons (Fsp3) is 0.304. The Morgan fingerprint density at radius 2 is 1.90 bits per heavy atom. The molecule has 0 spiro atoms. The maximum Gasteiger partial charge on any atom is 0.356 e. The Hall–Kier alpha value is -3.68. The Kier molecular flexibility index (Phi) is 6.26. The zero-order valence-electron chi connectivity index (χ0n) is 17.4. The third kappa shape index (κ3) is 5.28. The van der Waals surface area contributed by atoms with Crippen molar-refractivity contribution in [2.45, 2.75) is 32.3 Å². The summed E-state index contributed by atoms with van der Waals surface area (Å²) < 4.78 is 22.0. The number of carbonyl (C=O) groups excluding carboxylic acids is 1. The highest BCUT2D eigenvalue weighted by molar-refractivity contribution is 5.87. The van der Waals surface area contributed by atoms with Crippen LogP contribution >= 0.6 is 0 Å². The zero-order valence-corrected chi connectivity index (χ0v) is 17.4. The van der Waals surface area contributed by atoms with Gasteiger partial charge in [-0.3, -0.25) is 4.98 Å². The zero-order chi connectivity index (χ0) is 21.6. The summed E-state index contributed by atoms with van der Waals surface area (Å²) in [6.07, 6.45) is 7.29. The van der Waals surface area contributed by atoms with Crippen LogP contribution in [0.4, 0.5) is 0 Å². The van der Waals surface area contributed by atoms with Crippen LogP contribution < -0.4 is 14.2 Å². The molecule has 0 atom stereocenters. The molecule has 160 valence electrons. The SMILES string of the molecule is CCOc1cc(Oc2ccnc(C(=O)OC)c2)cnc1OCc1ccc(C2CC2)nc1. The minimum Gasteiger partial charge on any atom is -0.488 e. The maximum absolute atomic E-state index is 11.7. The predicted molar refractivity (Wildman–Crippen MR) is 112 cm³/mol. The third-order valence-electron chi connectivity index (χ3n) is 4.67. The van der Waals surface area contributed by atoms with Gasteiger partial charge in [-0.2, -0.15) is 0 Å². The van der Waals surface area contributed by atoms with E-state index in [1.165, 1.54) is 38.4 Å². The maximum atomic E-state index is 11.7. The van der Waals surface area contributed by atoms with Gasteiger partial charge >= 0.3 is 5.97 Å². The van der Waals surface area contributed by atoms with Gasteiger partial charge in [-0.1, -0.05) is 6.07 Å². The van der Waals surface area contributed by atoms with E-state index in [9.17, 15) is 4.79 Å². The van der Waals surface area contributed by atoms with Gasteiger partial charge in [0.2, 0.25) is 0 Å². The largest absolute Gasteiger partial charge is 0.488 e. The van der Waals surface area contributed by atoms with Gasteiger partial charge in [-0.15, -0.1) is 0 Å². The van der Waals surface area contributed by atoms with E-state index in [1.54, 1.807) is 12.1 Å². The molecule has 3 heterocycles. The molecule has 0 aliphatic heterocycles. The third-order valence-corrected chi connectivity index (χ3v) is 4.67. The molecule has 1 aliphatic carbocycles. The molecule has 31 heavy (non-hydrogen) atoms. The molecule has 0 radical (unpaired) electrons. The van der Waals surface area contributed by atoms with Gasteiger partial charge in [0.05, 0.1) is 19.9 Å². The average molecular weight is 421 g/mol. The molecule has 0 unspecified atom stereocenters. The Balaban J connectivity index is 1.45. The second kappa shape index (κ2) is 9.42. The van der Waals surface area contributed by atoms with Crippen LogP contribution in [0.5, 0.6) is 23.1 Å². The van der Waals surface area contributed by atoms with E-state index in [2.05, 4.69) is 25.8 Å². The van der Waals surface area contributed by atoms with Gasteiger partial charge in [0, 0.05) is 41.7 Å². The number of esters is 1. The van der Waals surface area contributed by atoms with E-state index in [0.717, 1.165) is 11.3 Å². The lowest BCUT2D eigenvalue weighted by molar-refractivity contribution is 0.0593. The quantitative estimate of drug-likeness (QED) is 0.472. The number of ether oxygens (including phenoxy) is 4. The van der Waals surface area contributed by atoms with Crippen LogP contribution in [-0.4, -0.2) is 34.6 Å². The molecule has 3 aromatic rings. The summed E-state index contributed by atoms with van der Waals surface area (Å²) in [5.41, 5.74) is 2.25. The number of carbonyl (C=O) groups is 1. The summed E-state index contributed by atoms with van der Waals surface area (Å²) in [6, 6.07) is 8.91. The molecule has 1 fully saturated rings. The Labute approximate surface area is 180 Å². The molecule has 1 aliphatic rings. The summed E-state index contributed by atoms with van der Waals surface area (Å²) in [4.78, 5) is 24.5. The van der Waals surface area contributed by atoms with Crippen LogP contribution in [-0.2, 0) is 11.3 Å². The Morgan fingerprint density at radius 3 is 2.61 bits per heavy atom. The van der Waals surface area contributed by atoms with Crippen LogP contribution in [0.3, 0.4) is 0 Å². The lowest BCUT2D eigenvalue weighted by atomic mass is 10.2. The molecular formula is C23H23N3O5. The molecular weight excluding hydrogens is 398 g/mol. The number of rotatable bonds is 9. The van der Waals surface area contributed by atoms with Crippen molar-refractivity contribution in [3.05, 3.63) is 65.9 Å². The van der Waals surface area contributed by atoms with E-state index >= 15 is 0 Å². The number of hydrogen-bond acceptors (Lipinski definition) is 8. The average Bonchev–Trinajstić information content (AvgIpc) is 3.64. The van der Waals surface area contributed by atoms with E-state index in [1.807, 2.05) is 19.2 Å². The molecule has 1 saturated carbocycles. The summed E-state index contributed by atoms with van der Waals surface area (Å²) in [6.45, 7) is 2.66. The molecule has 0 aromatic carbocycles. The second-order valence-electron chi connectivity index (χ2n) is 7.03. The normalized spacial score (nSPS) is 12.8. The highest BCUT2D eigenvalue weighted by atomic mass is 16.5. The molecule has 0 N–H and O–H groups in total. The fourth-order valence-electron chi connectivity index (χ4n) is 2.96. The van der Waals surface area contributed by atoms with Gasteiger partial charge in [0.15, 0.2) is 11.4 Å². The van der Waals surface area contributed by atoms with Gasteiger partial charge in [0.1, 0.15) is 18.1 Å². The van der Waals surface area contributed by atoms with Crippen LogP contribution in [0, 0.1) is 0 Å². The van der Waals surface area contributed by atoms with Crippen molar-refractivity contribution in [3.8, 4) is 23.1 Å². The lowest BCUT2D eigenvalue weighted by Gasteiger charge is -2.13. The lowest BCUT2D eigenvalue weighted by Crippen LogP contribution is -2.04.